The first kappa shape index (κ1) is 20.4. The maximum Gasteiger partial charge on any atom is 0.315 e. The fraction of sp³-hybridized carbons (Fsp3) is 0.474. The van der Waals surface area contributed by atoms with E-state index in [-0.39, 0.29) is 43.1 Å². The van der Waals surface area contributed by atoms with Gasteiger partial charge in [-0.3, -0.25) is 19.3 Å². The van der Waals surface area contributed by atoms with E-state index in [1.54, 1.807) is 0 Å². The molecule has 3 N–H and O–H groups in total. The van der Waals surface area contributed by atoms with E-state index in [4.69, 9.17) is 5.11 Å². The number of urea groups is 1. The number of nitrogens with zero attached hydrogens (tertiary/aromatic N) is 1. The number of amides is 4. The molecule has 0 bridgehead atoms. The maximum atomic E-state index is 12.1. The van der Waals surface area contributed by atoms with Crippen molar-refractivity contribution in [2.24, 2.45) is 0 Å². The zero-order valence-electron chi connectivity index (χ0n) is 15.1. The van der Waals surface area contributed by atoms with Gasteiger partial charge in [-0.15, -0.1) is 0 Å². The molecule has 146 valence electrons. The molecule has 8 heteroatoms. The van der Waals surface area contributed by atoms with Gasteiger partial charge in [-0.25, -0.2) is 4.79 Å². The number of carbonyl (C=O) groups is 4. The average Bonchev–Trinajstić information content (AvgIpc) is 2.96. The van der Waals surface area contributed by atoms with Crippen LogP contribution in [-0.4, -0.2) is 53.0 Å². The number of aliphatic carboxylic acids is 1. The van der Waals surface area contributed by atoms with Crippen LogP contribution in [0.3, 0.4) is 0 Å². The Labute approximate surface area is 157 Å². The summed E-state index contributed by atoms with van der Waals surface area (Å²) >= 11 is 0. The van der Waals surface area contributed by atoms with Crippen LogP contribution >= 0.6 is 0 Å². The van der Waals surface area contributed by atoms with Crippen LogP contribution in [0.1, 0.15) is 37.7 Å². The van der Waals surface area contributed by atoms with E-state index in [0.29, 0.717) is 32.4 Å². The van der Waals surface area contributed by atoms with Crippen molar-refractivity contribution in [3.63, 3.8) is 0 Å². The standard InChI is InChI=1S/C19H25N3O5/c23-16-8-9-17(24)22(16)12-4-11-20-19(27)21-15(7-10-18(25)26)13-14-5-2-1-3-6-14/h1-3,5-6,15H,4,7-13H2,(H,25,26)(H2,20,21,27). The topological polar surface area (TPSA) is 116 Å². The Morgan fingerprint density at radius 1 is 1.11 bits per heavy atom. The fourth-order valence-corrected chi connectivity index (χ4v) is 2.97. The van der Waals surface area contributed by atoms with Gasteiger partial charge in [0.25, 0.3) is 0 Å². The van der Waals surface area contributed by atoms with E-state index in [1.807, 2.05) is 30.3 Å². The van der Waals surface area contributed by atoms with Gasteiger partial charge in [0.2, 0.25) is 11.8 Å². The summed E-state index contributed by atoms with van der Waals surface area (Å²) in [7, 11) is 0. The van der Waals surface area contributed by atoms with Gasteiger partial charge >= 0.3 is 12.0 Å². The third-order valence-electron chi connectivity index (χ3n) is 4.37. The van der Waals surface area contributed by atoms with E-state index in [2.05, 4.69) is 10.6 Å². The van der Waals surface area contributed by atoms with Crippen LogP contribution in [-0.2, 0) is 20.8 Å². The number of carboxylic acid groups (broad SMARTS) is 1. The molecule has 1 aliphatic heterocycles. The zero-order valence-corrected chi connectivity index (χ0v) is 15.1. The molecule has 0 radical (unpaired) electrons. The first-order chi connectivity index (χ1) is 13.0. The molecule has 27 heavy (non-hydrogen) atoms. The van der Waals surface area contributed by atoms with E-state index in [1.165, 1.54) is 4.90 Å². The van der Waals surface area contributed by atoms with E-state index in [0.717, 1.165) is 5.56 Å². The number of hydrogen-bond acceptors (Lipinski definition) is 4. The summed E-state index contributed by atoms with van der Waals surface area (Å²) in [6.45, 7) is 0.615. The van der Waals surface area contributed by atoms with Crippen molar-refractivity contribution < 1.29 is 24.3 Å². The van der Waals surface area contributed by atoms with Gasteiger partial charge in [0, 0.05) is 38.4 Å². The molecule has 0 aromatic heterocycles. The highest BCUT2D eigenvalue weighted by atomic mass is 16.4. The van der Waals surface area contributed by atoms with Gasteiger partial charge in [0.05, 0.1) is 0 Å². The molecule has 1 aliphatic rings. The second kappa shape index (κ2) is 10.3. The zero-order chi connectivity index (χ0) is 19.6. The lowest BCUT2D eigenvalue weighted by molar-refractivity contribution is -0.139. The van der Waals surface area contributed by atoms with Gasteiger partial charge in [0.15, 0.2) is 0 Å². The molecule has 8 nitrogen and oxygen atoms in total. The normalized spacial score (nSPS) is 14.9. The predicted molar refractivity (Wildman–Crippen MR) is 97.9 cm³/mol. The Bertz CT molecular complexity index is 661. The van der Waals surface area contributed by atoms with Crippen molar-refractivity contribution in [2.45, 2.75) is 44.6 Å². The van der Waals surface area contributed by atoms with E-state index >= 15 is 0 Å². The van der Waals surface area contributed by atoms with Gasteiger partial charge in [-0.2, -0.15) is 0 Å². The van der Waals surface area contributed by atoms with Crippen LogP contribution in [0.25, 0.3) is 0 Å². The molecule has 0 spiro atoms. The monoisotopic (exact) mass is 375 g/mol. The lowest BCUT2D eigenvalue weighted by Crippen LogP contribution is -2.44. The molecule has 4 amide bonds. The molecule has 0 saturated carbocycles. The lowest BCUT2D eigenvalue weighted by atomic mass is 10.0. The van der Waals surface area contributed by atoms with Gasteiger partial charge < -0.3 is 15.7 Å². The largest absolute Gasteiger partial charge is 0.481 e. The number of rotatable bonds is 10. The minimum Gasteiger partial charge on any atom is -0.481 e. The number of carboxylic acids is 1. The molecule has 2 rings (SSSR count). The first-order valence-electron chi connectivity index (χ1n) is 9.09. The molecule has 0 aliphatic carbocycles. The summed E-state index contributed by atoms with van der Waals surface area (Å²) < 4.78 is 0. The first-order valence-corrected chi connectivity index (χ1v) is 9.09. The summed E-state index contributed by atoms with van der Waals surface area (Å²) in [5.74, 6) is -1.24. The van der Waals surface area contributed by atoms with Crippen molar-refractivity contribution >= 4 is 23.8 Å². The molecule has 1 unspecified atom stereocenters. The second-order valence-corrected chi connectivity index (χ2v) is 6.51. The predicted octanol–water partition coefficient (Wildman–Crippen LogP) is 1.30. The highest BCUT2D eigenvalue weighted by Crippen LogP contribution is 2.11. The maximum absolute atomic E-state index is 12.1. The number of likely N-dealkylation sites (tertiary alicyclic amines) is 1. The molecule has 1 saturated heterocycles. The van der Waals surface area contributed by atoms with Crippen LogP contribution in [0.5, 0.6) is 0 Å². The summed E-state index contributed by atoms with van der Waals surface area (Å²) in [5, 5.41) is 14.4. The molecular formula is C19H25N3O5. The van der Waals surface area contributed by atoms with E-state index in [9.17, 15) is 19.2 Å². The Morgan fingerprint density at radius 3 is 2.41 bits per heavy atom. The lowest BCUT2D eigenvalue weighted by Gasteiger charge is -2.19. The van der Waals surface area contributed by atoms with Crippen LogP contribution in [0.2, 0.25) is 0 Å². The minimum atomic E-state index is -0.907. The van der Waals surface area contributed by atoms with Crippen molar-refractivity contribution in [3.05, 3.63) is 35.9 Å². The van der Waals surface area contributed by atoms with Crippen LogP contribution in [0.15, 0.2) is 30.3 Å². The summed E-state index contributed by atoms with van der Waals surface area (Å²) in [5.41, 5.74) is 1.01. The average molecular weight is 375 g/mol. The van der Waals surface area contributed by atoms with Gasteiger partial charge in [-0.05, 0) is 24.8 Å². The molecule has 1 aromatic carbocycles. The molecular weight excluding hydrogens is 350 g/mol. The molecule has 1 aromatic rings. The Hall–Kier alpha value is -2.90. The molecule has 1 atom stereocenters. The quantitative estimate of drug-likeness (QED) is 0.421. The van der Waals surface area contributed by atoms with Crippen LogP contribution in [0.4, 0.5) is 4.79 Å². The number of imide groups is 1. The third-order valence-corrected chi connectivity index (χ3v) is 4.37. The third kappa shape index (κ3) is 7.08. The summed E-state index contributed by atoms with van der Waals surface area (Å²) in [6.07, 6.45) is 1.84. The van der Waals surface area contributed by atoms with Crippen molar-refractivity contribution in [3.8, 4) is 0 Å². The van der Waals surface area contributed by atoms with Gasteiger partial charge in [-0.1, -0.05) is 30.3 Å². The Kier molecular flexibility index (Phi) is 7.79. The Balaban J connectivity index is 1.75. The summed E-state index contributed by atoms with van der Waals surface area (Å²) in [4.78, 5) is 47.2. The SMILES string of the molecule is O=C(O)CCC(Cc1ccccc1)NC(=O)NCCCN1C(=O)CCC1=O. The van der Waals surface area contributed by atoms with Crippen LogP contribution < -0.4 is 10.6 Å². The number of carbonyl (C=O) groups excluding carboxylic acids is 3. The Morgan fingerprint density at radius 2 is 1.78 bits per heavy atom. The van der Waals surface area contributed by atoms with Crippen molar-refractivity contribution in [1.82, 2.24) is 15.5 Å². The van der Waals surface area contributed by atoms with Gasteiger partial charge in [0.1, 0.15) is 0 Å². The second-order valence-electron chi connectivity index (χ2n) is 6.51. The summed E-state index contributed by atoms with van der Waals surface area (Å²) in [6, 6.07) is 8.85. The minimum absolute atomic E-state index is 0.0308. The number of hydrogen-bond donors (Lipinski definition) is 3. The molecule has 1 heterocycles. The highest BCUT2D eigenvalue weighted by molar-refractivity contribution is 6.01. The van der Waals surface area contributed by atoms with Crippen molar-refractivity contribution in [1.29, 1.82) is 0 Å². The number of nitrogens with one attached hydrogen (secondary N) is 2. The van der Waals surface area contributed by atoms with Crippen LogP contribution in [0, 0.1) is 0 Å². The fourth-order valence-electron chi connectivity index (χ4n) is 2.97. The number of benzene rings is 1. The van der Waals surface area contributed by atoms with E-state index < -0.39 is 5.97 Å². The highest BCUT2D eigenvalue weighted by Gasteiger charge is 2.27. The smallest absolute Gasteiger partial charge is 0.315 e. The van der Waals surface area contributed by atoms with Crippen molar-refractivity contribution in [2.75, 3.05) is 13.1 Å². The molecule has 1 fully saturated rings.